The molecule has 0 heterocycles. The Kier molecular flexibility index (Phi) is 5.02. The van der Waals surface area contributed by atoms with E-state index in [4.69, 9.17) is 15.2 Å². The zero-order chi connectivity index (χ0) is 14.4. The van der Waals surface area contributed by atoms with E-state index in [-0.39, 0.29) is 0 Å². The molecule has 2 N–H and O–H groups in total. The largest absolute Gasteiger partial charge is 0.497 e. The lowest BCUT2D eigenvalue weighted by Gasteiger charge is -2.11. The van der Waals surface area contributed by atoms with Crippen LogP contribution in [-0.4, -0.2) is 13.7 Å². The van der Waals surface area contributed by atoms with E-state index in [1.54, 1.807) is 7.11 Å². The molecule has 2 aromatic carbocycles. The molecule has 2 aromatic rings. The van der Waals surface area contributed by atoms with Gasteiger partial charge in [-0.15, -0.1) is 0 Å². The molecule has 106 valence electrons. The molecule has 0 aromatic heterocycles. The van der Waals surface area contributed by atoms with Crippen molar-refractivity contribution in [2.75, 3.05) is 13.7 Å². The third-order valence-corrected chi connectivity index (χ3v) is 3.24. The number of rotatable bonds is 6. The van der Waals surface area contributed by atoms with Crippen LogP contribution >= 0.6 is 0 Å². The van der Waals surface area contributed by atoms with Crippen LogP contribution in [-0.2, 0) is 13.0 Å². The van der Waals surface area contributed by atoms with Crippen LogP contribution in [0.15, 0.2) is 42.5 Å². The molecule has 0 radical (unpaired) electrons. The van der Waals surface area contributed by atoms with E-state index in [9.17, 15) is 0 Å². The Morgan fingerprint density at radius 2 is 1.80 bits per heavy atom. The summed E-state index contributed by atoms with van der Waals surface area (Å²) in [5.41, 5.74) is 9.23. The first kappa shape index (κ1) is 14.4. The average molecular weight is 271 g/mol. The van der Waals surface area contributed by atoms with Gasteiger partial charge in [0, 0.05) is 18.5 Å². The molecule has 0 saturated carbocycles. The Labute approximate surface area is 120 Å². The molecule has 0 bridgehead atoms. The fraction of sp³-hybridized carbons (Fsp3) is 0.294. The van der Waals surface area contributed by atoms with E-state index < -0.39 is 0 Å². The summed E-state index contributed by atoms with van der Waals surface area (Å²) in [5.74, 6) is 1.75. The van der Waals surface area contributed by atoms with Crippen molar-refractivity contribution in [2.45, 2.75) is 19.9 Å². The molecule has 0 saturated heterocycles. The fourth-order valence-electron chi connectivity index (χ4n) is 2.08. The Morgan fingerprint density at radius 1 is 1.05 bits per heavy atom. The predicted molar refractivity (Wildman–Crippen MR) is 81.3 cm³/mol. The summed E-state index contributed by atoms with van der Waals surface area (Å²) >= 11 is 0. The highest BCUT2D eigenvalue weighted by Gasteiger charge is 2.03. The van der Waals surface area contributed by atoms with Crippen LogP contribution in [0.5, 0.6) is 11.5 Å². The van der Waals surface area contributed by atoms with E-state index in [0.29, 0.717) is 13.2 Å². The summed E-state index contributed by atoms with van der Waals surface area (Å²) in [6.45, 7) is 3.20. The van der Waals surface area contributed by atoms with Crippen LogP contribution in [0.3, 0.4) is 0 Å². The fourth-order valence-corrected chi connectivity index (χ4v) is 2.08. The molecule has 0 amide bonds. The van der Waals surface area contributed by atoms with Crippen LogP contribution in [0.2, 0.25) is 0 Å². The SMILES string of the molecule is COc1ccc(CCOc2ccc(C)cc2CN)cc1. The average Bonchev–Trinajstić information content (AvgIpc) is 2.49. The number of hydrogen-bond donors (Lipinski definition) is 1. The van der Waals surface area contributed by atoms with Crippen LogP contribution in [0, 0.1) is 6.92 Å². The molecule has 3 nitrogen and oxygen atoms in total. The van der Waals surface area contributed by atoms with Crippen molar-refractivity contribution in [3.8, 4) is 11.5 Å². The van der Waals surface area contributed by atoms with Crippen LogP contribution in [0.1, 0.15) is 16.7 Å². The van der Waals surface area contributed by atoms with E-state index in [2.05, 4.69) is 25.1 Å². The summed E-state index contributed by atoms with van der Waals surface area (Å²) in [5, 5.41) is 0. The number of aryl methyl sites for hydroxylation is 1. The van der Waals surface area contributed by atoms with Gasteiger partial charge in [0.25, 0.3) is 0 Å². The van der Waals surface area contributed by atoms with Gasteiger partial charge in [0.15, 0.2) is 0 Å². The van der Waals surface area contributed by atoms with Crippen molar-refractivity contribution < 1.29 is 9.47 Å². The summed E-state index contributed by atoms with van der Waals surface area (Å²) in [4.78, 5) is 0. The van der Waals surface area contributed by atoms with Crippen molar-refractivity contribution in [1.82, 2.24) is 0 Å². The normalized spacial score (nSPS) is 10.3. The second-order valence-corrected chi connectivity index (χ2v) is 4.76. The molecule has 0 aliphatic carbocycles. The molecular formula is C17H21NO2. The van der Waals surface area contributed by atoms with E-state index in [1.807, 2.05) is 24.3 Å². The minimum absolute atomic E-state index is 0.500. The molecule has 2 rings (SSSR count). The number of benzene rings is 2. The van der Waals surface area contributed by atoms with E-state index in [0.717, 1.165) is 23.5 Å². The summed E-state index contributed by atoms with van der Waals surface area (Å²) < 4.78 is 11.0. The smallest absolute Gasteiger partial charge is 0.123 e. The topological polar surface area (TPSA) is 44.5 Å². The van der Waals surface area contributed by atoms with Crippen molar-refractivity contribution in [2.24, 2.45) is 5.73 Å². The number of nitrogens with two attached hydrogens (primary N) is 1. The van der Waals surface area contributed by atoms with Crippen molar-refractivity contribution in [3.05, 3.63) is 59.2 Å². The Balaban J connectivity index is 1.92. The lowest BCUT2D eigenvalue weighted by molar-refractivity contribution is 0.318. The number of hydrogen-bond acceptors (Lipinski definition) is 3. The van der Waals surface area contributed by atoms with Crippen LogP contribution < -0.4 is 15.2 Å². The zero-order valence-electron chi connectivity index (χ0n) is 12.1. The van der Waals surface area contributed by atoms with Crippen molar-refractivity contribution in [1.29, 1.82) is 0 Å². The highest BCUT2D eigenvalue weighted by molar-refractivity contribution is 5.36. The molecule has 0 aliphatic rings. The number of methoxy groups -OCH3 is 1. The maximum atomic E-state index is 5.83. The van der Waals surface area contributed by atoms with E-state index >= 15 is 0 Å². The van der Waals surface area contributed by atoms with Gasteiger partial charge < -0.3 is 15.2 Å². The Bertz CT molecular complexity index is 549. The van der Waals surface area contributed by atoms with Gasteiger partial charge in [-0.05, 0) is 30.7 Å². The molecule has 0 fully saturated rings. The van der Waals surface area contributed by atoms with Gasteiger partial charge >= 0.3 is 0 Å². The second-order valence-electron chi connectivity index (χ2n) is 4.76. The Hall–Kier alpha value is -2.00. The third-order valence-electron chi connectivity index (χ3n) is 3.24. The molecule has 0 aliphatic heterocycles. The second kappa shape index (κ2) is 6.96. The van der Waals surface area contributed by atoms with Crippen LogP contribution in [0.25, 0.3) is 0 Å². The molecule has 0 atom stereocenters. The van der Waals surface area contributed by atoms with Gasteiger partial charge in [0.1, 0.15) is 11.5 Å². The third kappa shape index (κ3) is 3.75. The minimum Gasteiger partial charge on any atom is -0.497 e. The molecule has 20 heavy (non-hydrogen) atoms. The van der Waals surface area contributed by atoms with Crippen LogP contribution in [0.4, 0.5) is 0 Å². The summed E-state index contributed by atoms with van der Waals surface area (Å²) in [6.07, 6.45) is 0.863. The lowest BCUT2D eigenvalue weighted by atomic mass is 10.1. The first-order chi connectivity index (χ1) is 9.72. The molecule has 3 heteroatoms. The lowest BCUT2D eigenvalue weighted by Crippen LogP contribution is -2.06. The summed E-state index contributed by atoms with van der Waals surface area (Å²) in [7, 11) is 1.67. The van der Waals surface area contributed by atoms with Gasteiger partial charge in [-0.1, -0.05) is 29.8 Å². The molecule has 0 unspecified atom stereocenters. The number of ether oxygens (including phenoxy) is 2. The molecule has 0 spiro atoms. The quantitative estimate of drug-likeness (QED) is 0.878. The zero-order valence-corrected chi connectivity index (χ0v) is 12.1. The Morgan fingerprint density at radius 3 is 2.45 bits per heavy atom. The van der Waals surface area contributed by atoms with E-state index in [1.165, 1.54) is 11.1 Å². The van der Waals surface area contributed by atoms with Gasteiger partial charge in [0.05, 0.1) is 13.7 Å². The van der Waals surface area contributed by atoms with Crippen molar-refractivity contribution in [3.63, 3.8) is 0 Å². The monoisotopic (exact) mass is 271 g/mol. The standard InChI is InChI=1S/C17H21NO2/c1-13-3-8-17(15(11-13)12-18)20-10-9-14-4-6-16(19-2)7-5-14/h3-8,11H,9-10,12,18H2,1-2H3. The van der Waals surface area contributed by atoms with Gasteiger partial charge in [-0.3, -0.25) is 0 Å². The first-order valence-corrected chi connectivity index (χ1v) is 6.78. The molecular weight excluding hydrogens is 250 g/mol. The predicted octanol–water partition coefficient (Wildman–Crippen LogP) is 3.08. The van der Waals surface area contributed by atoms with Gasteiger partial charge in [-0.25, -0.2) is 0 Å². The van der Waals surface area contributed by atoms with Gasteiger partial charge in [0.2, 0.25) is 0 Å². The maximum Gasteiger partial charge on any atom is 0.123 e. The van der Waals surface area contributed by atoms with Gasteiger partial charge in [-0.2, -0.15) is 0 Å². The highest BCUT2D eigenvalue weighted by atomic mass is 16.5. The maximum absolute atomic E-state index is 5.83. The summed E-state index contributed by atoms with van der Waals surface area (Å²) in [6, 6.07) is 14.2. The first-order valence-electron chi connectivity index (χ1n) is 6.78. The highest BCUT2D eigenvalue weighted by Crippen LogP contribution is 2.20. The minimum atomic E-state index is 0.500. The van der Waals surface area contributed by atoms with Crippen molar-refractivity contribution >= 4 is 0 Å².